The van der Waals surface area contributed by atoms with Gasteiger partial charge in [-0.3, -0.25) is 4.84 Å². The van der Waals surface area contributed by atoms with Gasteiger partial charge in [0.25, 0.3) is 5.95 Å². The molecule has 1 rings (SSSR count). The van der Waals surface area contributed by atoms with Gasteiger partial charge in [0.1, 0.15) is 0 Å². The molecule has 3 N–H and O–H groups in total. The second-order valence-electron chi connectivity index (χ2n) is 3.44. The molecule has 1 aromatic rings. The summed E-state index contributed by atoms with van der Waals surface area (Å²) >= 11 is 0. The summed E-state index contributed by atoms with van der Waals surface area (Å²) in [6.45, 7) is 8.30. The Balaban J connectivity index is 2.78. The molecule has 7 heteroatoms. The van der Waals surface area contributed by atoms with Crippen LogP contribution in [0.1, 0.15) is 27.2 Å². The average Bonchev–Trinajstić information content (AvgIpc) is 2.30. The van der Waals surface area contributed by atoms with E-state index in [2.05, 4.69) is 20.4 Å². The first-order valence-electron chi connectivity index (χ1n) is 5.85. The van der Waals surface area contributed by atoms with E-state index in [0.717, 1.165) is 19.5 Å². The summed E-state index contributed by atoms with van der Waals surface area (Å²) in [5, 5.41) is 0. The van der Waals surface area contributed by atoms with Gasteiger partial charge in [-0.25, -0.2) is 5.48 Å². The normalized spacial score (nSPS) is 10.3. The molecule has 0 spiro atoms. The van der Waals surface area contributed by atoms with Crippen LogP contribution in [0.5, 0.6) is 0 Å². The van der Waals surface area contributed by atoms with Crippen molar-refractivity contribution in [2.24, 2.45) is 0 Å². The van der Waals surface area contributed by atoms with Crippen LogP contribution >= 0.6 is 0 Å². The fourth-order valence-electron chi connectivity index (χ4n) is 1.29. The van der Waals surface area contributed by atoms with Gasteiger partial charge in [0.2, 0.25) is 11.9 Å². The molecular formula is C10H20N6O. The monoisotopic (exact) mass is 240 g/mol. The molecule has 0 aliphatic rings. The van der Waals surface area contributed by atoms with Crippen molar-refractivity contribution in [3.8, 4) is 0 Å². The maximum atomic E-state index is 5.63. The molecule has 0 atom stereocenters. The van der Waals surface area contributed by atoms with Gasteiger partial charge >= 0.3 is 0 Å². The number of hydrogen-bond acceptors (Lipinski definition) is 7. The van der Waals surface area contributed by atoms with E-state index in [1.807, 2.05) is 25.7 Å². The van der Waals surface area contributed by atoms with Crippen LogP contribution in [0, 0.1) is 0 Å². The first-order valence-corrected chi connectivity index (χ1v) is 5.85. The minimum atomic E-state index is 0.185. The standard InChI is InChI=1S/C10H20N6O/c1-4-7-17-15-9-12-8(11)13-10(14-9)16(5-2)6-3/h4-7H2,1-3H3,(H3,11,12,13,14,15). The predicted molar refractivity (Wildman–Crippen MR) is 67.7 cm³/mol. The van der Waals surface area contributed by atoms with Crippen molar-refractivity contribution < 1.29 is 4.84 Å². The summed E-state index contributed by atoms with van der Waals surface area (Å²) in [4.78, 5) is 19.4. The van der Waals surface area contributed by atoms with Crippen LogP contribution < -0.4 is 16.1 Å². The molecule has 0 unspecified atom stereocenters. The predicted octanol–water partition coefficient (Wildman–Crippen LogP) is 1.05. The van der Waals surface area contributed by atoms with E-state index < -0.39 is 0 Å². The Bertz CT molecular complexity index is 342. The van der Waals surface area contributed by atoms with Crippen LogP contribution in [0.4, 0.5) is 17.8 Å². The maximum absolute atomic E-state index is 5.63. The highest BCUT2D eigenvalue weighted by Crippen LogP contribution is 2.11. The van der Waals surface area contributed by atoms with Crippen LogP contribution in [0.3, 0.4) is 0 Å². The molecule has 0 fully saturated rings. The summed E-state index contributed by atoms with van der Waals surface area (Å²) in [5.41, 5.74) is 8.29. The highest BCUT2D eigenvalue weighted by Gasteiger charge is 2.09. The summed E-state index contributed by atoms with van der Waals surface area (Å²) in [7, 11) is 0. The van der Waals surface area contributed by atoms with Crippen LogP contribution in [0.2, 0.25) is 0 Å². The SMILES string of the molecule is CCCONc1nc(N)nc(N(CC)CC)n1. The highest BCUT2D eigenvalue weighted by atomic mass is 16.6. The molecule has 1 aromatic heterocycles. The largest absolute Gasteiger partial charge is 0.368 e. The summed E-state index contributed by atoms with van der Waals surface area (Å²) < 4.78 is 0. The smallest absolute Gasteiger partial charge is 0.253 e. The molecule has 0 aliphatic heterocycles. The van der Waals surface area contributed by atoms with E-state index in [-0.39, 0.29) is 5.95 Å². The molecule has 0 saturated heterocycles. The van der Waals surface area contributed by atoms with Gasteiger partial charge in [-0.05, 0) is 20.3 Å². The Morgan fingerprint density at radius 3 is 2.47 bits per heavy atom. The first kappa shape index (κ1) is 13.4. The van der Waals surface area contributed by atoms with E-state index in [1.54, 1.807) is 0 Å². The molecule has 17 heavy (non-hydrogen) atoms. The van der Waals surface area contributed by atoms with E-state index in [9.17, 15) is 0 Å². The van der Waals surface area contributed by atoms with Crippen molar-refractivity contribution in [1.82, 2.24) is 15.0 Å². The Morgan fingerprint density at radius 2 is 1.88 bits per heavy atom. The lowest BCUT2D eigenvalue weighted by Gasteiger charge is -2.18. The minimum Gasteiger partial charge on any atom is -0.368 e. The zero-order valence-corrected chi connectivity index (χ0v) is 10.6. The number of aromatic nitrogens is 3. The fraction of sp³-hybridized carbons (Fsp3) is 0.700. The number of nitrogen functional groups attached to an aromatic ring is 1. The van der Waals surface area contributed by atoms with Gasteiger partial charge in [-0.15, -0.1) is 0 Å². The summed E-state index contributed by atoms with van der Waals surface area (Å²) in [6.07, 6.45) is 0.913. The van der Waals surface area contributed by atoms with Crippen molar-refractivity contribution in [3.63, 3.8) is 0 Å². The first-order chi connectivity index (χ1) is 8.21. The summed E-state index contributed by atoms with van der Waals surface area (Å²) in [5.74, 6) is 1.09. The molecule has 1 heterocycles. The highest BCUT2D eigenvalue weighted by molar-refractivity contribution is 5.40. The van der Waals surface area contributed by atoms with E-state index >= 15 is 0 Å². The van der Waals surface area contributed by atoms with Gasteiger partial charge in [-0.1, -0.05) is 6.92 Å². The second kappa shape index (κ2) is 6.85. The van der Waals surface area contributed by atoms with E-state index in [0.29, 0.717) is 18.5 Å². The van der Waals surface area contributed by atoms with Gasteiger partial charge < -0.3 is 10.6 Å². The molecule has 96 valence electrons. The zero-order chi connectivity index (χ0) is 12.7. The van der Waals surface area contributed by atoms with Crippen molar-refractivity contribution in [3.05, 3.63) is 0 Å². The minimum absolute atomic E-state index is 0.185. The maximum Gasteiger partial charge on any atom is 0.253 e. The van der Waals surface area contributed by atoms with Crippen LogP contribution in [0.15, 0.2) is 0 Å². The lowest BCUT2D eigenvalue weighted by molar-refractivity contribution is 0.191. The van der Waals surface area contributed by atoms with Crippen LogP contribution in [-0.2, 0) is 4.84 Å². The Kier molecular flexibility index (Phi) is 5.41. The lowest BCUT2D eigenvalue weighted by Crippen LogP contribution is -2.25. The number of nitrogens with one attached hydrogen (secondary N) is 1. The number of anilines is 3. The van der Waals surface area contributed by atoms with E-state index in [1.165, 1.54) is 0 Å². The van der Waals surface area contributed by atoms with Crippen molar-refractivity contribution in [1.29, 1.82) is 0 Å². The molecule has 7 nitrogen and oxygen atoms in total. The third kappa shape index (κ3) is 4.03. The number of hydrogen-bond donors (Lipinski definition) is 2. The van der Waals surface area contributed by atoms with Crippen LogP contribution in [0.25, 0.3) is 0 Å². The van der Waals surface area contributed by atoms with Crippen LogP contribution in [-0.4, -0.2) is 34.6 Å². The second-order valence-corrected chi connectivity index (χ2v) is 3.44. The third-order valence-electron chi connectivity index (χ3n) is 2.16. The molecule has 0 aromatic carbocycles. The van der Waals surface area contributed by atoms with Crippen molar-refractivity contribution in [2.75, 3.05) is 35.8 Å². The number of nitrogens with two attached hydrogens (primary N) is 1. The van der Waals surface area contributed by atoms with E-state index in [4.69, 9.17) is 10.6 Å². The number of rotatable bonds is 7. The fourth-order valence-corrected chi connectivity index (χ4v) is 1.29. The molecule has 0 radical (unpaired) electrons. The quantitative estimate of drug-likeness (QED) is 0.544. The number of nitrogens with zero attached hydrogens (tertiary/aromatic N) is 4. The third-order valence-corrected chi connectivity index (χ3v) is 2.16. The Labute approximate surface area is 101 Å². The molecule has 0 saturated carbocycles. The van der Waals surface area contributed by atoms with Crippen molar-refractivity contribution >= 4 is 17.8 Å². The molecule has 0 aliphatic carbocycles. The van der Waals surface area contributed by atoms with Gasteiger partial charge in [0, 0.05) is 13.1 Å². The van der Waals surface area contributed by atoms with Gasteiger partial charge in [0.15, 0.2) is 0 Å². The Morgan fingerprint density at radius 1 is 1.18 bits per heavy atom. The zero-order valence-electron chi connectivity index (χ0n) is 10.6. The Hall–Kier alpha value is -1.63. The van der Waals surface area contributed by atoms with Crippen molar-refractivity contribution in [2.45, 2.75) is 27.2 Å². The molecular weight excluding hydrogens is 220 g/mol. The van der Waals surface area contributed by atoms with Gasteiger partial charge in [0.05, 0.1) is 6.61 Å². The molecule has 0 bridgehead atoms. The molecule has 0 amide bonds. The lowest BCUT2D eigenvalue weighted by atomic mass is 10.5. The van der Waals surface area contributed by atoms with Gasteiger partial charge in [-0.2, -0.15) is 15.0 Å². The topological polar surface area (TPSA) is 89.2 Å². The summed E-state index contributed by atoms with van der Waals surface area (Å²) in [6, 6.07) is 0. The average molecular weight is 240 g/mol.